The van der Waals surface area contributed by atoms with Crippen molar-refractivity contribution in [1.82, 2.24) is 14.3 Å². The Hall–Kier alpha value is -4.21. The van der Waals surface area contributed by atoms with Gasteiger partial charge >= 0.3 is 6.18 Å². The molecule has 1 amide bonds. The van der Waals surface area contributed by atoms with Gasteiger partial charge in [-0.1, -0.05) is 12.1 Å². The number of rotatable bonds is 5. The number of halogens is 3. The molecule has 7 nitrogen and oxygen atoms in total. The smallest absolute Gasteiger partial charge is 0.416 e. The van der Waals surface area contributed by atoms with Gasteiger partial charge in [0, 0.05) is 56.6 Å². The predicted molar refractivity (Wildman–Crippen MR) is 139 cm³/mol. The number of imidazole rings is 1. The van der Waals surface area contributed by atoms with Crippen LogP contribution in [0.2, 0.25) is 0 Å². The van der Waals surface area contributed by atoms with E-state index in [1.54, 1.807) is 11.0 Å². The van der Waals surface area contributed by atoms with Gasteiger partial charge in [-0.05, 0) is 60.5 Å². The highest BCUT2D eigenvalue weighted by Gasteiger charge is 2.32. The first-order chi connectivity index (χ1) is 18.8. The van der Waals surface area contributed by atoms with Gasteiger partial charge in [0.2, 0.25) is 12.7 Å². The molecular weight excluding hydrogens is 509 g/mol. The zero-order valence-corrected chi connectivity index (χ0v) is 21.3. The number of carbonyl (C=O) groups is 1. The molecule has 2 aromatic heterocycles. The number of carbonyl (C=O) groups excluding carboxylic acids is 1. The Balaban J connectivity index is 1.22. The van der Waals surface area contributed by atoms with E-state index in [4.69, 9.17) is 9.47 Å². The molecule has 0 radical (unpaired) electrons. The highest BCUT2D eigenvalue weighted by atomic mass is 19.4. The Kier molecular flexibility index (Phi) is 6.32. The van der Waals surface area contributed by atoms with Crippen LogP contribution in [0.5, 0.6) is 11.5 Å². The number of fused-ring (bicyclic) bond motifs is 2. The van der Waals surface area contributed by atoms with Crippen LogP contribution in [-0.2, 0) is 11.0 Å². The summed E-state index contributed by atoms with van der Waals surface area (Å²) in [5, 5.41) is 0. The minimum atomic E-state index is -4.39. The summed E-state index contributed by atoms with van der Waals surface area (Å²) in [6, 6.07) is 15.1. The summed E-state index contributed by atoms with van der Waals surface area (Å²) in [5.74, 6) is 1.00. The van der Waals surface area contributed by atoms with Gasteiger partial charge in [0.05, 0.1) is 11.3 Å². The summed E-state index contributed by atoms with van der Waals surface area (Å²) in [5.41, 5.74) is 3.54. The molecule has 2 aliphatic heterocycles. The molecule has 10 heteroatoms. The minimum Gasteiger partial charge on any atom is -0.454 e. The Morgan fingerprint density at radius 1 is 1.00 bits per heavy atom. The molecule has 6 rings (SSSR count). The largest absolute Gasteiger partial charge is 0.454 e. The fourth-order valence-electron chi connectivity index (χ4n) is 5.28. The lowest BCUT2D eigenvalue weighted by molar-refractivity contribution is -0.137. The van der Waals surface area contributed by atoms with E-state index < -0.39 is 11.7 Å². The summed E-state index contributed by atoms with van der Waals surface area (Å²) < 4.78 is 52.6. The topological polar surface area (TPSA) is 59.3 Å². The number of alkyl halides is 3. The Labute approximate surface area is 223 Å². The van der Waals surface area contributed by atoms with Crippen LogP contribution in [0.4, 0.5) is 18.9 Å². The van der Waals surface area contributed by atoms with Crippen LogP contribution >= 0.6 is 0 Å². The molecule has 1 fully saturated rings. The summed E-state index contributed by atoms with van der Waals surface area (Å²) in [6.45, 7) is 3.93. The van der Waals surface area contributed by atoms with E-state index in [-0.39, 0.29) is 25.0 Å². The number of pyridine rings is 1. The van der Waals surface area contributed by atoms with Gasteiger partial charge in [-0.2, -0.15) is 13.2 Å². The molecule has 1 unspecified atom stereocenters. The molecule has 202 valence electrons. The molecule has 0 N–H and O–H groups in total. The van der Waals surface area contributed by atoms with E-state index in [1.165, 1.54) is 12.1 Å². The van der Waals surface area contributed by atoms with Crippen LogP contribution in [0.3, 0.4) is 0 Å². The van der Waals surface area contributed by atoms with Crippen LogP contribution in [0, 0.1) is 6.92 Å². The van der Waals surface area contributed by atoms with Crippen LogP contribution in [0.1, 0.15) is 34.7 Å². The minimum absolute atomic E-state index is 0.0246. The first-order valence-corrected chi connectivity index (χ1v) is 12.8. The van der Waals surface area contributed by atoms with Crippen LogP contribution in [-0.4, -0.2) is 53.2 Å². The molecule has 4 heterocycles. The number of hydrogen-bond donors (Lipinski definition) is 0. The van der Waals surface area contributed by atoms with E-state index in [0.717, 1.165) is 28.5 Å². The first-order valence-electron chi connectivity index (χ1n) is 12.8. The first kappa shape index (κ1) is 25.1. The van der Waals surface area contributed by atoms with Gasteiger partial charge in [0.25, 0.3) is 0 Å². The van der Waals surface area contributed by atoms with Crippen molar-refractivity contribution in [2.45, 2.75) is 25.4 Å². The monoisotopic (exact) mass is 536 g/mol. The van der Waals surface area contributed by atoms with Crippen molar-refractivity contribution in [2.24, 2.45) is 0 Å². The molecule has 39 heavy (non-hydrogen) atoms. The number of aromatic nitrogens is 2. The van der Waals surface area contributed by atoms with Gasteiger partial charge in [-0.3, -0.25) is 4.79 Å². The lowest BCUT2D eigenvalue weighted by Gasteiger charge is -2.37. The number of nitrogens with zero attached hydrogens (tertiary/aromatic N) is 4. The molecule has 4 aromatic rings. The number of hydrogen-bond acceptors (Lipinski definition) is 5. The van der Waals surface area contributed by atoms with E-state index in [1.807, 2.05) is 58.9 Å². The van der Waals surface area contributed by atoms with E-state index >= 15 is 0 Å². The lowest BCUT2D eigenvalue weighted by Crippen LogP contribution is -2.49. The Morgan fingerprint density at radius 2 is 1.79 bits per heavy atom. The third-order valence-corrected chi connectivity index (χ3v) is 7.40. The van der Waals surface area contributed by atoms with Gasteiger partial charge in [-0.25, -0.2) is 4.98 Å². The van der Waals surface area contributed by atoms with Crippen molar-refractivity contribution < 1.29 is 27.4 Å². The molecular formula is C29H27F3N4O3. The second-order valence-electron chi connectivity index (χ2n) is 9.90. The third kappa shape index (κ3) is 4.98. The van der Waals surface area contributed by atoms with Gasteiger partial charge in [0.1, 0.15) is 5.65 Å². The van der Waals surface area contributed by atoms with Crippen molar-refractivity contribution in [2.75, 3.05) is 37.9 Å². The average Bonchev–Trinajstić information content (AvgIpc) is 3.57. The molecule has 0 saturated carbocycles. The number of ether oxygens (including phenoxy) is 2. The number of aryl methyl sites for hydroxylation is 1. The molecule has 1 atom stereocenters. The van der Waals surface area contributed by atoms with Crippen molar-refractivity contribution in [3.8, 4) is 11.5 Å². The van der Waals surface area contributed by atoms with E-state index in [9.17, 15) is 18.0 Å². The molecule has 2 aromatic carbocycles. The second-order valence-corrected chi connectivity index (χ2v) is 9.90. The normalized spacial score (nSPS) is 16.1. The number of piperazine rings is 1. The van der Waals surface area contributed by atoms with Crippen LogP contribution in [0.25, 0.3) is 5.65 Å². The van der Waals surface area contributed by atoms with E-state index in [0.29, 0.717) is 43.4 Å². The maximum atomic E-state index is 13.6. The number of amides is 1. The molecule has 2 aliphatic rings. The van der Waals surface area contributed by atoms with Gasteiger partial charge in [0.15, 0.2) is 11.5 Å². The predicted octanol–water partition coefficient (Wildman–Crippen LogP) is 5.26. The maximum absolute atomic E-state index is 13.6. The maximum Gasteiger partial charge on any atom is 0.416 e. The highest BCUT2D eigenvalue weighted by molar-refractivity contribution is 5.78. The van der Waals surface area contributed by atoms with Crippen LogP contribution < -0.4 is 14.4 Å². The SMILES string of the molecule is Cc1ccn2c(C(CC(=O)N3CCN(c4cccc(C(F)(F)F)c4)CC3)c3ccc4c(c3)OCO4)cnc2c1. The summed E-state index contributed by atoms with van der Waals surface area (Å²) in [7, 11) is 0. The standard InChI is InChI=1S/C29H27F3N4O3/c1-19-7-8-36-24(17-33-27(36)13-19)23(20-5-6-25-26(14-20)39-18-38-25)16-28(37)35-11-9-34(10-12-35)22-4-2-3-21(15-22)29(30,31)32/h2-8,13-15,17,23H,9-12,16,18H2,1H3. The van der Waals surface area contributed by atoms with Gasteiger partial charge < -0.3 is 23.7 Å². The zero-order valence-electron chi connectivity index (χ0n) is 21.3. The number of benzene rings is 2. The van der Waals surface area contributed by atoms with Crippen molar-refractivity contribution >= 4 is 17.2 Å². The summed E-state index contributed by atoms with van der Waals surface area (Å²) in [6.07, 6.45) is -0.410. The summed E-state index contributed by atoms with van der Waals surface area (Å²) in [4.78, 5) is 21.9. The lowest BCUT2D eigenvalue weighted by atomic mass is 9.91. The average molecular weight is 537 g/mol. The fraction of sp³-hybridized carbons (Fsp3) is 0.310. The zero-order chi connectivity index (χ0) is 27.1. The molecule has 0 aliphatic carbocycles. The third-order valence-electron chi connectivity index (χ3n) is 7.40. The van der Waals surface area contributed by atoms with Crippen LogP contribution in [0.15, 0.2) is 67.0 Å². The van der Waals surface area contributed by atoms with Gasteiger partial charge in [-0.15, -0.1) is 0 Å². The van der Waals surface area contributed by atoms with Crippen molar-refractivity contribution in [1.29, 1.82) is 0 Å². The molecule has 0 spiro atoms. The Morgan fingerprint density at radius 3 is 2.59 bits per heavy atom. The Bertz CT molecular complexity index is 1530. The quantitative estimate of drug-likeness (QED) is 0.348. The summed E-state index contributed by atoms with van der Waals surface area (Å²) >= 11 is 0. The number of anilines is 1. The van der Waals surface area contributed by atoms with Crippen molar-refractivity contribution in [3.05, 3.63) is 89.4 Å². The second kappa shape index (κ2) is 9.83. The van der Waals surface area contributed by atoms with Crippen molar-refractivity contribution in [3.63, 3.8) is 0 Å². The molecule has 0 bridgehead atoms. The van der Waals surface area contributed by atoms with E-state index in [2.05, 4.69) is 4.98 Å². The highest BCUT2D eigenvalue weighted by Crippen LogP contribution is 2.38. The molecule has 1 saturated heterocycles. The fourth-order valence-corrected chi connectivity index (χ4v) is 5.28.